The van der Waals surface area contributed by atoms with Gasteiger partial charge in [-0.05, 0) is 32.4 Å². The van der Waals surface area contributed by atoms with Gasteiger partial charge in [-0.15, -0.1) is 0 Å². The summed E-state index contributed by atoms with van der Waals surface area (Å²) in [6.45, 7) is 5.88. The lowest BCUT2D eigenvalue weighted by atomic mass is 9.96. The smallest absolute Gasteiger partial charge is 0.251 e. The third-order valence-electron chi connectivity index (χ3n) is 2.61. The lowest BCUT2D eigenvalue weighted by Crippen LogP contribution is -2.33. The Morgan fingerprint density at radius 3 is 2.79 bits per heavy atom. The second-order valence-electron chi connectivity index (χ2n) is 5.10. The minimum atomic E-state index is -0.585. The van der Waals surface area contributed by atoms with Crippen LogP contribution in [0.1, 0.15) is 43.2 Å². The van der Waals surface area contributed by atoms with Gasteiger partial charge in [-0.2, -0.15) is 5.26 Å². The fraction of sp³-hybridized carbons (Fsp3) is 0.500. The van der Waals surface area contributed by atoms with Crippen LogP contribution in [0.4, 0.5) is 0 Å². The van der Waals surface area contributed by atoms with Gasteiger partial charge < -0.3 is 5.32 Å². The molecule has 1 aromatic heterocycles. The minimum Gasteiger partial charge on any atom is -0.350 e. The van der Waals surface area contributed by atoms with Crippen LogP contribution in [0.15, 0.2) is 12.1 Å². The first-order valence-electron chi connectivity index (χ1n) is 6.24. The predicted octanol–water partition coefficient (Wildman–Crippen LogP) is 2.97. The van der Waals surface area contributed by atoms with Crippen molar-refractivity contribution in [2.75, 3.05) is 6.54 Å². The molecule has 1 rings (SSSR count). The van der Waals surface area contributed by atoms with Crippen LogP contribution < -0.4 is 5.32 Å². The molecule has 1 amide bonds. The molecule has 0 radical (unpaired) electrons. The number of carbonyl (C=O) groups excluding carboxylic acids is 1. The molecule has 0 aromatic carbocycles. The van der Waals surface area contributed by atoms with Gasteiger partial charge in [0.25, 0.3) is 5.91 Å². The van der Waals surface area contributed by atoms with Gasteiger partial charge in [0.1, 0.15) is 5.15 Å². The van der Waals surface area contributed by atoms with Gasteiger partial charge in [0, 0.05) is 17.8 Å². The van der Waals surface area contributed by atoms with Crippen LogP contribution in [-0.4, -0.2) is 17.4 Å². The van der Waals surface area contributed by atoms with Gasteiger partial charge in [0.05, 0.1) is 11.5 Å². The van der Waals surface area contributed by atoms with E-state index in [4.69, 9.17) is 16.9 Å². The fourth-order valence-corrected chi connectivity index (χ4v) is 1.74. The molecule has 0 bridgehead atoms. The van der Waals surface area contributed by atoms with Crippen LogP contribution in [0.3, 0.4) is 0 Å². The molecule has 0 aliphatic carbocycles. The average Bonchev–Trinajstić information content (AvgIpc) is 2.36. The number of aryl methyl sites for hydroxylation is 1. The van der Waals surface area contributed by atoms with E-state index < -0.39 is 5.41 Å². The van der Waals surface area contributed by atoms with Crippen LogP contribution >= 0.6 is 11.6 Å². The maximum atomic E-state index is 12.0. The molecular formula is C14H18ClN3O. The Morgan fingerprint density at radius 1 is 1.53 bits per heavy atom. The van der Waals surface area contributed by atoms with Gasteiger partial charge >= 0.3 is 0 Å². The lowest BCUT2D eigenvalue weighted by Gasteiger charge is -2.16. The number of amides is 1. The highest BCUT2D eigenvalue weighted by atomic mass is 35.5. The summed E-state index contributed by atoms with van der Waals surface area (Å²) < 4.78 is 0. The molecule has 0 aliphatic rings. The van der Waals surface area contributed by atoms with Crippen molar-refractivity contribution in [3.63, 3.8) is 0 Å². The summed E-state index contributed by atoms with van der Waals surface area (Å²) in [5.74, 6) is -0.232. The zero-order valence-electron chi connectivity index (χ0n) is 11.5. The van der Waals surface area contributed by atoms with Crippen LogP contribution in [0.5, 0.6) is 0 Å². The second-order valence-corrected chi connectivity index (χ2v) is 5.49. The third kappa shape index (κ3) is 4.88. The van der Waals surface area contributed by atoms with Crippen LogP contribution in [0.2, 0.25) is 5.15 Å². The Hall–Kier alpha value is -1.60. The molecule has 0 unspecified atom stereocenters. The number of nitrogens with one attached hydrogen (secondary N) is 1. The molecule has 1 N–H and O–H groups in total. The summed E-state index contributed by atoms with van der Waals surface area (Å²) in [7, 11) is 0. The standard InChI is InChI=1S/C14H18ClN3O/c1-4-5-11-6-10(7-12(15)18-11)13(19)17-9-14(2,3)8-16/h6-7H,4-5,9H2,1-3H3,(H,17,19). The van der Waals surface area contributed by atoms with Gasteiger partial charge in [0.2, 0.25) is 0 Å². The molecule has 0 saturated carbocycles. The molecule has 102 valence electrons. The lowest BCUT2D eigenvalue weighted by molar-refractivity contribution is 0.0943. The Labute approximate surface area is 118 Å². The highest BCUT2D eigenvalue weighted by Gasteiger charge is 2.18. The van der Waals surface area contributed by atoms with Crippen molar-refractivity contribution in [1.82, 2.24) is 10.3 Å². The number of hydrogen-bond acceptors (Lipinski definition) is 3. The van der Waals surface area contributed by atoms with E-state index in [0.717, 1.165) is 18.5 Å². The van der Waals surface area contributed by atoms with Crippen LogP contribution in [-0.2, 0) is 6.42 Å². The summed E-state index contributed by atoms with van der Waals surface area (Å²) in [5.41, 5.74) is 0.704. The zero-order chi connectivity index (χ0) is 14.5. The van der Waals surface area contributed by atoms with Crippen molar-refractivity contribution in [3.8, 4) is 6.07 Å². The van der Waals surface area contributed by atoms with Gasteiger partial charge in [-0.3, -0.25) is 4.79 Å². The molecule has 19 heavy (non-hydrogen) atoms. The van der Waals surface area contributed by atoms with E-state index in [9.17, 15) is 4.79 Å². The SMILES string of the molecule is CCCc1cc(C(=O)NCC(C)(C)C#N)cc(Cl)n1. The van der Waals surface area contributed by atoms with Crippen molar-refractivity contribution < 1.29 is 4.79 Å². The van der Waals surface area contributed by atoms with Crippen LogP contribution in [0, 0.1) is 16.7 Å². The quantitative estimate of drug-likeness (QED) is 0.843. The summed E-state index contributed by atoms with van der Waals surface area (Å²) in [5, 5.41) is 12.0. The molecular weight excluding hydrogens is 262 g/mol. The fourth-order valence-electron chi connectivity index (χ4n) is 1.51. The number of hydrogen-bond donors (Lipinski definition) is 1. The monoisotopic (exact) mass is 279 g/mol. The van der Waals surface area contributed by atoms with E-state index in [0.29, 0.717) is 17.3 Å². The normalized spacial score (nSPS) is 10.9. The van der Waals surface area contributed by atoms with E-state index >= 15 is 0 Å². The summed E-state index contributed by atoms with van der Waals surface area (Å²) in [4.78, 5) is 16.2. The number of aromatic nitrogens is 1. The number of rotatable bonds is 5. The molecule has 0 saturated heterocycles. The van der Waals surface area contributed by atoms with Crippen molar-refractivity contribution in [2.24, 2.45) is 5.41 Å². The van der Waals surface area contributed by atoms with Gasteiger partial charge in [-0.25, -0.2) is 4.98 Å². The zero-order valence-corrected chi connectivity index (χ0v) is 12.2. The number of pyridine rings is 1. The molecule has 0 atom stereocenters. The van der Waals surface area contributed by atoms with Crippen molar-refractivity contribution in [3.05, 3.63) is 28.5 Å². The maximum absolute atomic E-state index is 12.0. The summed E-state index contributed by atoms with van der Waals surface area (Å²) in [6, 6.07) is 5.42. The van der Waals surface area contributed by atoms with Crippen molar-refractivity contribution in [2.45, 2.75) is 33.6 Å². The number of nitriles is 1. The minimum absolute atomic E-state index is 0.232. The Kier molecular flexibility index (Phi) is 5.31. The first-order valence-corrected chi connectivity index (χ1v) is 6.61. The molecule has 0 fully saturated rings. The highest BCUT2D eigenvalue weighted by Crippen LogP contribution is 2.14. The Morgan fingerprint density at radius 2 is 2.21 bits per heavy atom. The summed E-state index contributed by atoms with van der Waals surface area (Å²) >= 11 is 5.90. The number of carbonyl (C=O) groups is 1. The summed E-state index contributed by atoms with van der Waals surface area (Å²) in [6.07, 6.45) is 1.72. The molecule has 0 aliphatic heterocycles. The van der Waals surface area contributed by atoms with Gasteiger partial charge in [0.15, 0.2) is 0 Å². The topological polar surface area (TPSA) is 65.8 Å². The van der Waals surface area contributed by atoms with Crippen LogP contribution in [0.25, 0.3) is 0 Å². The first-order chi connectivity index (χ1) is 8.88. The molecule has 5 heteroatoms. The first kappa shape index (κ1) is 15.5. The number of nitrogens with zero attached hydrogens (tertiary/aromatic N) is 2. The third-order valence-corrected chi connectivity index (χ3v) is 2.80. The van der Waals surface area contributed by atoms with Crippen molar-refractivity contribution >= 4 is 17.5 Å². The molecule has 4 nitrogen and oxygen atoms in total. The van der Waals surface area contributed by atoms with E-state index in [-0.39, 0.29) is 5.91 Å². The molecule has 1 aromatic rings. The molecule has 1 heterocycles. The van der Waals surface area contributed by atoms with E-state index in [1.165, 1.54) is 6.07 Å². The number of halogens is 1. The Balaban J connectivity index is 2.80. The Bertz CT molecular complexity index is 506. The predicted molar refractivity (Wildman–Crippen MR) is 75.0 cm³/mol. The highest BCUT2D eigenvalue weighted by molar-refractivity contribution is 6.29. The average molecular weight is 280 g/mol. The largest absolute Gasteiger partial charge is 0.350 e. The van der Waals surface area contributed by atoms with Crippen molar-refractivity contribution in [1.29, 1.82) is 5.26 Å². The second kappa shape index (κ2) is 6.53. The maximum Gasteiger partial charge on any atom is 0.251 e. The van der Waals surface area contributed by atoms with E-state index in [1.54, 1.807) is 19.9 Å². The van der Waals surface area contributed by atoms with Gasteiger partial charge in [-0.1, -0.05) is 24.9 Å². The van der Waals surface area contributed by atoms with E-state index in [1.807, 2.05) is 6.92 Å². The van der Waals surface area contributed by atoms with E-state index in [2.05, 4.69) is 16.4 Å². The molecule has 0 spiro atoms.